The van der Waals surface area contributed by atoms with E-state index in [0.29, 0.717) is 10.7 Å². The largest absolute Gasteiger partial charge is 0.479 e. The Hall–Kier alpha value is -2.45. The van der Waals surface area contributed by atoms with E-state index in [2.05, 4.69) is 15.6 Å². The second-order valence-corrected chi connectivity index (χ2v) is 6.19. The summed E-state index contributed by atoms with van der Waals surface area (Å²) in [6.07, 6.45) is 0. The molecule has 2 aromatic rings. The van der Waals surface area contributed by atoms with Gasteiger partial charge in [0, 0.05) is 5.56 Å². The first-order valence-electron chi connectivity index (χ1n) is 6.83. The molecule has 122 valence electrons. The first-order chi connectivity index (χ1) is 10.8. The number of carbonyl (C=O) groups is 2. The molecule has 0 spiro atoms. The van der Waals surface area contributed by atoms with E-state index in [0.717, 1.165) is 17.5 Å². The first-order valence-corrected chi connectivity index (χ1v) is 7.65. The number of hydrogen-bond acceptors (Lipinski definition) is 5. The number of aromatic nitrogens is 1. The molecule has 1 atom stereocenters. The van der Waals surface area contributed by atoms with Gasteiger partial charge < -0.3 is 15.5 Å². The number of thiazole rings is 1. The van der Waals surface area contributed by atoms with Crippen molar-refractivity contribution in [2.24, 2.45) is 0 Å². The molecule has 1 aromatic carbocycles. The predicted octanol–water partition coefficient (Wildman–Crippen LogP) is 2.08. The number of carbonyl (C=O) groups excluding carboxylic acids is 1. The van der Waals surface area contributed by atoms with Crippen molar-refractivity contribution in [1.29, 1.82) is 0 Å². The molecule has 0 aliphatic rings. The van der Waals surface area contributed by atoms with Crippen LogP contribution in [0.5, 0.6) is 0 Å². The van der Waals surface area contributed by atoms with E-state index in [1.165, 1.54) is 11.3 Å². The van der Waals surface area contributed by atoms with Gasteiger partial charge in [-0.15, -0.1) is 0 Å². The zero-order valence-electron chi connectivity index (χ0n) is 12.7. The molecule has 23 heavy (non-hydrogen) atoms. The maximum absolute atomic E-state index is 11.8. The second kappa shape index (κ2) is 6.76. The number of nitrogens with zero attached hydrogens (tertiary/aromatic N) is 1. The number of amides is 2. The van der Waals surface area contributed by atoms with Gasteiger partial charge in [-0.05, 0) is 13.8 Å². The number of aliphatic hydroxyl groups is 1. The molecule has 0 fully saturated rings. The topological polar surface area (TPSA) is 112 Å². The zero-order valence-corrected chi connectivity index (χ0v) is 13.5. The summed E-state index contributed by atoms with van der Waals surface area (Å²) >= 11 is 1.32. The number of anilines is 1. The first kappa shape index (κ1) is 16.9. The Bertz CT molecular complexity index is 713. The van der Waals surface area contributed by atoms with Gasteiger partial charge in [0.2, 0.25) is 0 Å². The van der Waals surface area contributed by atoms with Crippen LogP contribution in [0.15, 0.2) is 30.3 Å². The summed E-state index contributed by atoms with van der Waals surface area (Å²) in [5.41, 5.74) is -0.410. The highest BCUT2D eigenvalue weighted by Gasteiger charge is 2.30. The molecule has 2 amide bonds. The molecular formula is C15H17N3O4S. The molecule has 0 aliphatic heterocycles. The summed E-state index contributed by atoms with van der Waals surface area (Å²) in [5.74, 6) is -1.40. The van der Waals surface area contributed by atoms with Crippen LogP contribution in [-0.2, 0) is 4.79 Å². The normalized spacial score (nSPS) is 13.2. The summed E-state index contributed by atoms with van der Waals surface area (Å²) in [5, 5.41) is 24.6. The summed E-state index contributed by atoms with van der Waals surface area (Å²) in [6.45, 7) is 2.48. The summed E-state index contributed by atoms with van der Waals surface area (Å²) in [7, 11) is 0. The minimum absolute atomic E-state index is 0.405. The van der Waals surface area contributed by atoms with Gasteiger partial charge in [0.1, 0.15) is 10.0 Å². The summed E-state index contributed by atoms with van der Waals surface area (Å²) in [6, 6.07) is 8.96. The second-order valence-electron chi connectivity index (χ2n) is 5.19. The average Bonchev–Trinajstić information content (AvgIpc) is 2.87. The number of aryl methyl sites for hydroxylation is 1. The van der Waals surface area contributed by atoms with Gasteiger partial charge in [-0.25, -0.2) is 14.6 Å². The highest BCUT2D eigenvalue weighted by Crippen LogP contribution is 2.31. The van der Waals surface area contributed by atoms with Crippen LogP contribution >= 0.6 is 11.3 Å². The van der Waals surface area contributed by atoms with Crippen LogP contribution in [0.1, 0.15) is 12.6 Å². The lowest BCUT2D eigenvalue weighted by Gasteiger charge is -2.18. The Balaban J connectivity index is 2.02. The molecule has 1 heterocycles. The summed E-state index contributed by atoms with van der Waals surface area (Å²) in [4.78, 5) is 27.0. The quantitative estimate of drug-likeness (QED) is 0.668. The van der Waals surface area contributed by atoms with Crippen molar-refractivity contribution in [1.82, 2.24) is 10.3 Å². The van der Waals surface area contributed by atoms with Gasteiger partial charge in [-0.3, -0.25) is 5.32 Å². The molecule has 2 rings (SSSR count). The number of benzene rings is 1. The van der Waals surface area contributed by atoms with Gasteiger partial charge in [-0.2, -0.15) is 0 Å². The molecule has 0 bridgehead atoms. The molecule has 0 saturated carbocycles. The number of carboxylic acid groups (broad SMARTS) is 1. The van der Waals surface area contributed by atoms with Crippen LogP contribution in [0.25, 0.3) is 10.6 Å². The fraction of sp³-hybridized carbons (Fsp3) is 0.267. The van der Waals surface area contributed by atoms with Crippen LogP contribution in [0.2, 0.25) is 0 Å². The minimum Gasteiger partial charge on any atom is -0.479 e. The number of nitrogens with one attached hydrogen (secondary N) is 2. The van der Waals surface area contributed by atoms with E-state index in [9.17, 15) is 14.7 Å². The predicted molar refractivity (Wildman–Crippen MR) is 87.6 cm³/mol. The Kier molecular flexibility index (Phi) is 4.97. The van der Waals surface area contributed by atoms with Gasteiger partial charge in [0.05, 0.1) is 12.2 Å². The lowest BCUT2D eigenvalue weighted by Crippen LogP contribution is -2.47. The Labute approximate surface area is 137 Å². The zero-order chi connectivity index (χ0) is 17.0. The van der Waals surface area contributed by atoms with E-state index < -0.39 is 24.1 Å². The van der Waals surface area contributed by atoms with Crippen molar-refractivity contribution in [3.63, 3.8) is 0 Å². The van der Waals surface area contributed by atoms with Crippen molar-refractivity contribution in [2.45, 2.75) is 19.4 Å². The van der Waals surface area contributed by atoms with Crippen LogP contribution in [-0.4, -0.2) is 39.3 Å². The number of rotatable bonds is 5. The maximum atomic E-state index is 11.8. The van der Waals surface area contributed by atoms with Gasteiger partial charge in [0.15, 0.2) is 5.60 Å². The van der Waals surface area contributed by atoms with E-state index in [1.807, 2.05) is 30.3 Å². The molecule has 0 saturated heterocycles. The molecule has 4 N–H and O–H groups in total. The molecule has 1 aromatic heterocycles. The molecule has 1 unspecified atom stereocenters. The fourth-order valence-corrected chi connectivity index (χ4v) is 2.66. The smallest absolute Gasteiger partial charge is 0.337 e. The molecule has 8 heteroatoms. The highest BCUT2D eigenvalue weighted by molar-refractivity contribution is 7.19. The van der Waals surface area contributed by atoms with Crippen LogP contribution in [0.4, 0.5) is 9.80 Å². The number of urea groups is 1. The van der Waals surface area contributed by atoms with E-state index in [4.69, 9.17) is 5.11 Å². The van der Waals surface area contributed by atoms with Gasteiger partial charge in [-0.1, -0.05) is 41.7 Å². The van der Waals surface area contributed by atoms with Crippen LogP contribution in [0.3, 0.4) is 0 Å². The van der Waals surface area contributed by atoms with E-state index in [-0.39, 0.29) is 0 Å². The molecular weight excluding hydrogens is 318 g/mol. The molecule has 0 radical (unpaired) electrons. The Morgan fingerprint density at radius 3 is 2.57 bits per heavy atom. The minimum atomic E-state index is -2.02. The Morgan fingerprint density at radius 2 is 1.96 bits per heavy atom. The lowest BCUT2D eigenvalue weighted by molar-refractivity contribution is -0.155. The standard InChI is InChI=1S/C15H17N3O4S/c1-9-11(18-14(21)16-8-15(2,22)13(19)20)23-12(17-9)10-6-4-3-5-7-10/h3-7,22H,8H2,1-2H3,(H,19,20)(H2,16,18,21). The maximum Gasteiger partial charge on any atom is 0.337 e. The SMILES string of the molecule is Cc1nc(-c2ccccc2)sc1NC(=O)NCC(C)(O)C(=O)O. The van der Waals surface area contributed by atoms with Gasteiger partial charge >= 0.3 is 12.0 Å². The third kappa shape index (κ3) is 4.27. The van der Waals surface area contributed by atoms with Crippen LogP contribution < -0.4 is 10.6 Å². The third-order valence-electron chi connectivity index (χ3n) is 3.10. The highest BCUT2D eigenvalue weighted by atomic mass is 32.1. The van der Waals surface area contributed by atoms with Crippen LogP contribution in [0, 0.1) is 6.92 Å². The number of hydrogen-bond donors (Lipinski definition) is 4. The van der Waals surface area contributed by atoms with Crippen molar-refractivity contribution in [2.75, 3.05) is 11.9 Å². The fourth-order valence-electron chi connectivity index (χ4n) is 1.69. The lowest BCUT2D eigenvalue weighted by atomic mass is 10.1. The average molecular weight is 335 g/mol. The Morgan fingerprint density at radius 1 is 1.30 bits per heavy atom. The van der Waals surface area contributed by atoms with E-state index >= 15 is 0 Å². The van der Waals surface area contributed by atoms with E-state index in [1.54, 1.807) is 6.92 Å². The molecule has 0 aliphatic carbocycles. The van der Waals surface area contributed by atoms with Crippen molar-refractivity contribution < 1.29 is 19.8 Å². The van der Waals surface area contributed by atoms with Crippen molar-refractivity contribution in [3.8, 4) is 10.6 Å². The van der Waals surface area contributed by atoms with Crippen molar-refractivity contribution >= 4 is 28.3 Å². The van der Waals surface area contributed by atoms with Gasteiger partial charge in [0.25, 0.3) is 0 Å². The number of aliphatic carboxylic acids is 1. The summed E-state index contributed by atoms with van der Waals surface area (Å²) < 4.78 is 0. The number of carboxylic acids is 1. The monoisotopic (exact) mass is 335 g/mol. The third-order valence-corrected chi connectivity index (χ3v) is 4.22. The van der Waals surface area contributed by atoms with Crippen molar-refractivity contribution in [3.05, 3.63) is 36.0 Å². The molecule has 7 nitrogen and oxygen atoms in total.